The Kier molecular flexibility index (Phi) is 2.44. The minimum Gasteiger partial charge on any atom is -0.317 e. The monoisotopic (exact) mass is 188 g/mol. The number of carbonyl (C=O) groups is 2. The van der Waals surface area contributed by atoms with Gasteiger partial charge in [0.1, 0.15) is 0 Å². The van der Waals surface area contributed by atoms with Gasteiger partial charge in [0.25, 0.3) is 0 Å². The molecule has 1 atom stereocenters. The van der Waals surface area contributed by atoms with Gasteiger partial charge in [-0.15, -0.1) is 11.8 Å². The van der Waals surface area contributed by atoms with Crippen molar-refractivity contribution in [3.05, 3.63) is 0 Å². The maximum absolute atomic E-state index is 11.1. The molecule has 1 heterocycles. The standard InChI is InChI=1S/C7H12N2O2S/c1-7(2,8)12-4-3-5(10)9-6(4)11/h4H,3,8H2,1-2H3,(H,9,10,11). The van der Waals surface area contributed by atoms with Crippen molar-refractivity contribution in [3.8, 4) is 0 Å². The third-order valence-corrected chi connectivity index (χ3v) is 2.64. The number of hydrogen-bond donors (Lipinski definition) is 2. The number of imide groups is 1. The van der Waals surface area contributed by atoms with Crippen LogP contribution in [0.15, 0.2) is 0 Å². The van der Waals surface area contributed by atoms with Gasteiger partial charge in [0, 0.05) is 6.42 Å². The summed E-state index contributed by atoms with van der Waals surface area (Å²) in [4.78, 5) is 21.4. The lowest BCUT2D eigenvalue weighted by Crippen LogP contribution is -2.33. The van der Waals surface area contributed by atoms with Crippen LogP contribution in [0.3, 0.4) is 0 Å². The first-order valence-electron chi connectivity index (χ1n) is 3.69. The summed E-state index contributed by atoms with van der Waals surface area (Å²) in [5, 5.41) is 1.93. The summed E-state index contributed by atoms with van der Waals surface area (Å²) in [6.45, 7) is 3.63. The van der Waals surface area contributed by atoms with Crippen LogP contribution in [0.4, 0.5) is 0 Å². The quantitative estimate of drug-likeness (QED) is 0.466. The summed E-state index contributed by atoms with van der Waals surface area (Å²) in [6.07, 6.45) is 0.254. The number of rotatable bonds is 2. The number of hydrogen-bond acceptors (Lipinski definition) is 4. The highest BCUT2D eigenvalue weighted by Crippen LogP contribution is 2.28. The lowest BCUT2D eigenvalue weighted by Gasteiger charge is -2.20. The molecule has 68 valence electrons. The second kappa shape index (κ2) is 3.06. The first kappa shape index (κ1) is 9.54. The minimum absolute atomic E-state index is 0.207. The highest BCUT2D eigenvalue weighted by atomic mass is 32.2. The molecule has 1 aliphatic rings. The molecule has 0 aromatic heterocycles. The molecular weight excluding hydrogens is 176 g/mol. The van der Waals surface area contributed by atoms with Crippen LogP contribution in [-0.2, 0) is 9.59 Å². The minimum atomic E-state index is -0.466. The molecule has 1 aliphatic heterocycles. The smallest absolute Gasteiger partial charge is 0.240 e. The molecule has 1 saturated heterocycles. The van der Waals surface area contributed by atoms with E-state index in [0.717, 1.165) is 0 Å². The summed E-state index contributed by atoms with van der Waals surface area (Å²) in [7, 11) is 0. The highest BCUT2D eigenvalue weighted by Gasteiger charge is 2.34. The zero-order valence-electron chi connectivity index (χ0n) is 7.09. The van der Waals surface area contributed by atoms with Crippen LogP contribution in [0.25, 0.3) is 0 Å². The van der Waals surface area contributed by atoms with E-state index in [1.165, 1.54) is 11.8 Å². The number of amides is 2. The van der Waals surface area contributed by atoms with Gasteiger partial charge in [-0.1, -0.05) is 0 Å². The average molecular weight is 188 g/mol. The van der Waals surface area contributed by atoms with Gasteiger partial charge < -0.3 is 5.73 Å². The van der Waals surface area contributed by atoms with Crippen molar-refractivity contribution in [2.45, 2.75) is 30.4 Å². The topological polar surface area (TPSA) is 72.2 Å². The third kappa shape index (κ3) is 2.49. The van der Waals surface area contributed by atoms with E-state index >= 15 is 0 Å². The van der Waals surface area contributed by atoms with Crippen LogP contribution in [0.5, 0.6) is 0 Å². The molecule has 0 aromatic carbocycles. The summed E-state index contributed by atoms with van der Waals surface area (Å²) in [5.41, 5.74) is 5.69. The predicted octanol–water partition coefficient (Wildman–Crippen LogP) is -0.171. The van der Waals surface area contributed by atoms with E-state index in [-0.39, 0.29) is 23.5 Å². The second-order valence-electron chi connectivity index (χ2n) is 3.33. The summed E-state index contributed by atoms with van der Waals surface area (Å²) >= 11 is 1.32. The number of nitrogens with two attached hydrogens (primary N) is 1. The Morgan fingerprint density at radius 3 is 2.50 bits per heavy atom. The Bertz CT molecular complexity index is 222. The van der Waals surface area contributed by atoms with Crippen molar-refractivity contribution in [2.75, 3.05) is 0 Å². The summed E-state index contributed by atoms with van der Waals surface area (Å²) in [5.74, 6) is -0.426. The molecule has 0 bridgehead atoms. The van der Waals surface area contributed by atoms with Crippen molar-refractivity contribution in [1.82, 2.24) is 5.32 Å². The van der Waals surface area contributed by atoms with Crippen LogP contribution < -0.4 is 11.1 Å². The van der Waals surface area contributed by atoms with Crippen LogP contribution >= 0.6 is 11.8 Å². The zero-order chi connectivity index (χ0) is 9.35. The lowest BCUT2D eigenvalue weighted by atomic mass is 10.3. The zero-order valence-corrected chi connectivity index (χ0v) is 7.90. The van der Waals surface area contributed by atoms with Crippen LogP contribution in [-0.4, -0.2) is 21.9 Å². The third-order valence-electron chi connectivity index (χ3n) is 1.37. The molecule has 1 fully saturated rings. The molecule has 1 unspecified atom stereocenters. The molecule has 3 N–H and O–H groups in total. The SMILES string of the molecule is CC(C)(N)SC1CC(=O)NC1=O. The average Bonchev–Trinajstić information content (AvgIpc) is 2.06. The van der Waals surface area contributed by atoms with E-state index in [0.29, 0.717) is 0 Å². The Labute approximate surface area is 75.3 Å². The van der Waals surface area contributed by atoms with Crippen molar-refractivity contribution in [3.63, 3.8) is 0 Å². The maximum Gasteiger partial charge on any atom is 0.240 e. The molecule has 2 amide bonds. The van der Waals surface area contributed by atoms with E-state index in [2.05, 4.69) is 5.32 Å². The molecular formula is C7H12N2O2S. The van der Waals surface area contributed by atoms with Gasteiger partial charge in [-0.05, 0) is 13.8 Å². The number of thioether (sulfide) groups is 1. The van der Waals surface area contributed by atoms with E-state index in [9.17, 15) is 9.59 Å². The van der Waals surface area contributed by atoms with Crippen LogP contribution in [0.2, 0.25) is 0 Å². The van der Waals surface area contributed by atoms with Gasteiger partial charge in [0.15, 0.2) is 0 Å². The van der Waals surface area contributed by atoms with Crippen LogP contribution in [0, 0.1) is 0 Å². The normalized spacial score (nSPS) is 24.4. The van der Waals surface area contributed by atoms with Gasteiger partial charge in [-0.2, -0.15) is 0 Å². The first-order chi connectivity index (χ1) is 5.38. The van der Waals surface area contributed by atoms with Crippen molar-refractivity contribution >= 4 is 23.6 Å². The fourth-order valence-corrected chi connectivity index (χ4v) is 2.13. The molecule has 0 saturated carbocycles. The molecule has 0 aromatic rings. The lowest BCUT2D eigenvalue weighted by molar-refractivity contribution is -0.124. The Balaban J connectivity index is 2.54. The second-order valence-corrected chi connectivity index (χ2v) is 5.18. The largest absolute Gasteiger partial charge is 0.317 e. The number of carbonyl (C=O) groups excluding carboxylic acids is 2. The van der Waals surface area contributed by atoms with E-state index in [1.807, 2.05) is 13.8 Å². The van der Waals surface area contributed by atoms with Crippen molar-refractivity contribution in [2.24, 2.45) is 5.73 Å². The summed E-state index contributed by atoms with van der Waals surface area (Å²) < 4.78 is 0. The van der Waals surface area contributed by atoms with Gasteiger partial charge in [0.05, 0.1) is 10.1 Å². The summed E-state index contributed by atoms with van der Waals surface area (Å²) in [6, 6.07) is 0. The maximum atomic E-state index is 11.1. The van der Waals surface area contributed by atoms with Gasteiger partial charge in [0.2, 0.25) is 11.8 Å². The predicted molar refractivity (Wildman–Crippen MR) is 47.4 cm³/mol. The van der Waals surface area contributed by atoms with E-state index in [1.54, 1.807) is 0 Å². The molecule has 5 heteroatoms. The van der Waals surface area contributed by atoms with E-state index in [4.69, 9.17) is 5.73 Å². The van der Waals surface area contributed by atoms with Gasteiger partial charge in [-0.3, -0.25) is 14.9 Å². The van der Waals surface area contributed by atoms with Gasteiger partial charge in [-0.25, -0.2) is 0 Å². The Hall–Kier alpha value is -0.550. The van der Waals surface area contributed by atoms with Crippen molar-refractivity contribution < 1.29 is 9.59 Å². The van der Waals surface area contributed by atoms with E-state index < -0.39 is 4.87 Å². The fraction of sp³-hybridized carbons (Fsp3) is 0.714. The molecule has 1 rings (SSSR count). The fourth-order valence-electron chi connectivity index (χ4n) is 0.992. The molecule has 0 radical (unpaired) electrons. The number of nitrogens with one attached hydrogen (secondary N) is 1. The molecule has 4 nitrogen and oxygen atoms in total. The Morgan fingerprint density at radius 1 is 1.58 bits per heavy atom. The van der Waals surface area contributed by atoms with Crippen LogP contribution in [0.1, 0.15) is 20.3 Å². The highest BCUT2D eigenvalue weighted by molar-refractivity contribution is 8.01. The van der Waals surface area contributed by atoms with Crippen molar-refractivity contribution in [1.29, 1.82) is 0 Å². The van der Waals surface area contributed by atoms with Gasteiger partial charge >= 0.3 is 0 Å². The molecule has 0 spiro atoms. The molecule has 12 heavy (non-hydrogen) atoms. The first-order valence-corrected chi connectivity index (χ1v) is 4.57. The molecule has 0 aliphatic carbocycles. The Morgan fingerprint density at radius 2 is 2.17 bits per heavy atom.